The molecule has 0 radical (unpaired) electrons. The van der Waals surface area contributed by atoms with E-state index in [1.165, 1.54) is 6.42 Å². The lowest BCUT2D eigenvalue weighted by Crippen LogP contribution is -2.10. The molecule has 1 fully saturated rings. The zero-order valence-corrected chi connectivity index (χ0v) is 7.62. The minimum absolute atomic E-state index is 0.358. The Bertz CT molecular complexity index is 266. The summed E-state index contributed by atoms with van der Waals surface area (Å²) in [6.45, 7) is 1.42. The van der Waals surface area contributed by atoms with Crippen molar-refractivity contribution in [3.63, 3.8) is 0 Å². The van der Waals surface area contributed by atoms with E-state index in [0.29, 0.717) is 12.6 Å². The van der Waals surface area contributed by atoms with Crippen LogP contribution in [0.4, 0.5) is 0 Å². The molecular weight excluding hydrogens is 166 g/mol. The Balaban J connectivity index is 1.92. The Labute approximate surface area is 77.5 Å². The smallest absolute Gasteiger partial charge is 0.108 e. The predicted octanol–water partition coefficient (Wildman–Crippen LogP) is 0.590. The molecule has 1 aliphatic heterocycles. The number of imidazole rings is 1. The van der Waals surface area contributed by atoms with Crippen LogP contribution in [0.15, 0.2) is 6.20 Å². The van der Waals surface area contributed by atoms with Gasteiger partial charge in [-0.15, -0.1) is 0 Å². The summed E-state index contributed by atoms with van der Waals surface area (Å²) in [5.74, 6) is 0.993. The van der Waals surface area contributed by atoms with Crippen molar-refractivity contribution in [1.82, 2.24) is 9.97 Å². The number of H-pyrrole nitrogens is 1. The van der Waals surface area contributed by atoms with Gasteiger partial charge in [-0.2, -0.15) is 0 Å². The first-order valence-electron chi connectivity index (χ1n) is 4.73. The average molecular weight is 181 g/mol. The van der Waals surface area contributed by atoms with Gasteiger partial charge in [-0.3, -0.25) is 0 Å². The molecule has 0 aliphatic carbocycles. The van der Waals surface area contributed by atoms with Crippen LogP contribution in [-0.4, -0.2) is 22.7 Å². The van der Waals surface area contributed by atoms with Crippen molar-refractivity contribution in [3.8, 4) is 0 Å². The average Bonchev–Trinajstić information content (AvgIpc) is 2.76. The molecule has 2 heterocycles. The monoisotopic (exact) mass is 181 g/mol. The van der Waals surface area contributed by atoms with Gasteiger partial charge in [0.25, 0.3) is 0 Å². The summed E-state index contributed by atoms with van der Waals surface area (Å²) in [5.41, 5.74) is 6.46. The molecule has 72 valence electrons. The standard InChI is InChI=1S/C9H15N3O/c10-5-7-6-11-9(12-7)4-8-2-1-3-13-8/h6,8H,1-5,10H2,(H,11,12). The Kier molecular flexibility index (Phi) is 2.61. The molecule has 0 amide bonds. The highest BCUT2D eigenvalue weighted by molar-refractivity contribution is 5.01. The highest BCUT2D eigenvalue weighted by Gasteiger charge is 2.17. The minimum Gasteiger partial charge on any atom is -0.378 e. The first-order chi connectivity index (χ1) is 6.38. The number of hydrogen-bond donors (Lipinski definition) is 2. The lowest BCUT2D eigenvalue weighted by molar-refractivity contribution is 0.110. The first kappa shape index (κ1) is 8.72. The van der Waals surface area contributed by atoms with Crippen LogP contribution >= 0.6 is 0 Å². The van der Waals surface area contributed by atoms with Gasteiger partial charge in [0, 0.05) is 31.5 Å². The SMILES string of the molecule is NCc1cnc(CC2CCCO2)[nH]1. The van der Waals surface area contributed by atoms with E-state index in [2.05, 4.69) is 9.97 Å². The minimum atomic E-state index is 0.358. The topological polar surface area (TPSA) is 63.9 Å². The molecule has 0 saturated carbocycles. The van der Waals surface area contributed by atoms with E-state index in [1.807, 2.05) is 0 Å². The predicted molar refractivity (Wildman–Crippen MR) is 49.2 cm³/mol. The quantitative estimate of drug-likeness (QED) is 0.717. The van der Waals surface area contributed by atoms with Crippen molar-refractivity contribution < 1.29 is 4.74 Å². The summed E-state index contributed by atoms with van der Waals surface area (Å²) in [7, 11) is 0. The number of rotatable bonds is 3. The molecule has 0 spiro atoms. The lowest BCUT2D eigenvalue weighted by Gasteiger charge is -2.05. The zero-order chi connectivity index (χ0) is 9.10. The molecule has 0 aromatic carbocycles. The van der Waals surface area contributed by atoms with Gasteiger partial charge in [-0.25, -0.2) is 4.98 Å². The number of nitrogens with two attached hydrogens (primary N) is 1. The molecular formula is C9H15N3O. The molecule has 2 rings (SSSR count). The van der Waals surface area contributed by atoms with Crippen LogP contribution in [-0.2, 0) is 17.7 Å². The van der Waals surface area contributed by atoms with Gasteiger partial charge in [0.1, 0.15) is 5.82 Å². The molecule has 1 atom stereocenters. The molecule has 1 aromatic heterocycles. The second-order valence-corrected chi connectivity index (χ2v) is 3.40. The van der Waals surface area contributed by atoms with E-state index in [4.69, 9.17) is 10.5 Å². The molecule has 4 nitrogen and oxygen atoms in total. The van der Waals surface area contributed by atoms with E-state index in [9.17, 15) is 0 Å². The third kappa shape index (κ3) is 2.08. The zero-order valence-electron chi connectivity index (χ0n) is 7.62. The number of ether oxygens (including phenoxy) is 1. The van der Waals surface area contributed by atoms with Crippen LogP contribution in [0.5, 0.6) is 0 Å². The Hall–Kier alpha value is -0.870. The molecule has 4 heteroatoms. The van der Waals surface area contributed by atoms with Gasteiger partial charge >= 0.3 is 0 Å². The number of hydrogen-bond acceptors (Lipinski definition) is 3. The van der Waals surface area contributed by atoms with Crippen molar-refractivity contribution in [1.29, 1.82) is 0 Å². The number of aromatic nitrogens is 2. The number of aromatic amines is 1. The van der Waals surface area contributed by atoms with Gasteiger partial charge in [0.05, 0.1) is 6.10 Å². The summed E-state index contributed by atoms with van der Waals surface area (Å²) in [6.07, 6.45) is 5.37. The Morgan fingerprint density at radius 3 is 3.23 bits per heavy atom. The highest BCUT2D eigenvalue weighted by atomic mass is 16.5. The highest BCUT2D eigenvalue weighted by Crippen LogP contribution is 2.15. The molecule has 1 unspecified atom stereocenters. The van der Waals surface area contributed by atoms with E-state index >= 15 is 0 Å². The van der Waals surface area contributed by atoms with Gasteiger partial charge in [0.15, 0.2) is 0 Å². The van der Waals surface area contributed by atoms with Crippen molar-refractivity contribution in [3.05, 3.63) is 17.7 Å². The van der Waals surface area contributed by atoms with E-state index in [0.717, 1.165) is 31.0 Å². The van der Waals surface area contributed by atoms with Crippen molar-refractivity contribution in [2.24, 2.45) is 5.73 Å². The third-order valence-corrected chi connectivity index (χ3v) is 2.35. The fourth-order valence-corrected chi connectivity index (χ4v) is 1.63. The third-order valence-electron chi connectivity index (χ3n) is 2.35. The first-order valence-corrected chi connectivity index (χ1v) is 4.73. The van der Waals surface area contributed by atoms with Crippen molar-refractivity contribution >= 4 is 0 Å². The van der Waals surface area contributed by atoms with Crippen LogP contribution in [0.3, 0.4) is 0 Å². The molecule has 1 saturated heterocycles. The normalized spacial score (nSPS) is 22.4. The molecule has 3 N–H and O–H groups in total. The summed E-state index contributed by atoms with van der Waals surface area (Å²) < 4.78 is 5.51. The maximum atomic E-state index is 5.51. The maximum absolute atomic E-state index is 5.51. The van der Waals surface area contributed by atoms with Gasteiger partial charge in [-0.1, -0.05) is 0 Å². The van der Waals surface area contributed by atoms with Crippen LogP contribution in [0, 0.1) is 0 Å². The Morgan fingerprint density at radius 1 is 1.69 bits per heavy atom. The van der Waals surface area contributed by atoms with Crippen molar-refractivity contribution in [2.75, 3.05) is 6.61 Å². The van der Waals surface area contributed by atoms with Gasteiger partial charge in [0.2, 0.25) is 0 Å². The summed E-state index contributed by atoms with van der Waals surface area (Å²) in [6, 6.07) is 0. The van der Waals surface area contributed by atoms with Crippen LogP contribution in [0.2, 0.25) is 0 Å². The molecule has 1 aromatic rings. The second-order valence-electron chi connectivity index (χ2n) is 3.40. The Morgan fingerprint density at radius 2 is 2.62 bits per heavy atom. The maximum Gasteiger partial charge on any atom is 0.108 e. The molecule has 0 bridgehead atoms. The molecule has 13 heavy (non-hydrogen) atoms. The second kappa shape index (κ2) is 3.89. The van der Waals surface area contributed by atoms with Crippen LogP contribution in [0.1, 0.15) is 24.4 Å². The number of nitrogens with zero attached hydrogens (tertiary/aromatic N) is 1. The fraction of sp³-hybridized carbons (Fsp3) is 0.667. The van der Waals surface area contributed by atoms with E-state index in [1.54, 1.807) is 6.20 Å². The van der Waals surface area contributed by atoms with E-state index < -0.39 is 0 Å². The number of nitrogens with one attached hydrogen (secondary N) is 1. The summed E-state index contributed by atoms with van der Waals surface area (Å²) >= 11 is 0. The van der Waals surface area contributed by atoms with Crippen molar-refractivity contribution in [2.45, 2.75) is 31.9 Å². The van der Waals surface area contributed by atoms with Gasteiger partial charge < -0.3 is 15.5 Å². The summed E-state index contributed by atoms with van der Waals surface area (Å²) in [4.78, 5) is 7.41. The van der Waals surface area contributed by atoms with Gasteiger partial charge in [-0.05, 0) is 12.8 Å². The van der Waals surface area contributed by atoms with Crippen LogP contribution in [0.25, 0.3) is 0 Å². The van der Waals surface area contributed by atoms with Crippen LogP contribution < -0.4 is 5.73 Å². The lowest BCUT2D eigenvalue weighted by atomic mass is 10.2. The summed E-state index contributed by atoms with van der Waals surface area (Å²) in [5, 5.41) is 0. The molecule has 1 aliphatic rings. The largest absolute Gasteiger partial charge is 0.378 e. The van der Waals surface area contributed by atoms with E-state index in [-0.39, 0.29) is 0 Å². The fourth-order valence-electron chi connectivity index (χ4n) is 1.63.